The lowest BCUT2D eigenvalue weighted by Gasteiger charge is -1.70. The zero-order chi connectivity index (χ0) is 6.12. The fourth-order valence-electron chi connectivity index (χ4n) is 0. The van der Waals surface area contributed by atoms with Crippen molar-refractivity contribution in [1.82, 2.24) is 6.15 Å². The first-order valence-corrected chi connectivity index (χ1v) is 2.28. The van der Waals surface area contributed by atoms with E-state index in [9.17, 15) is 0 Å². The summed E-state index contributed by atoms with van der Waals surface area (Å²) in [5.74, 6) is 0. The Morgan fingerprint density at radius 2 is 1.38 bits per heavy atom. The minimum atomic E-state index is -0.833. The molecule has 0 fully saturated rings. The molecule has 0 aromatic rings. The fourth-order valence-corrected chi connectivity index (χ4v) is 0. The molecule has 0 atom stereocenters. The molecule has 0 radical (unpaired) electrons. The van der Waals surface area contributed by atoms with Crippen LogP contribution in [0, 0.1) is 0 Å². The van der Waals surface area contributed by atoms with Crippen molar-refractivity contribution in [3.8, 4) is 0 Å². The number of aliphatic hydroxyl groups excluding tert-OH is 2. The highest BCUT2D eigenvalue weighted by atomic mass is 31.1. The maximum Gasteiger partial charge on any atom is 0.324 e. The van der Waals surface area contributed by atoms with Crippen LogP contribution in [0.2, 0.25) is 0 Å². The molecule has 0 saturated carbocycles. The van der Waals surface area contributed by atoms with E-state index in [1.54, 1.807) is 0 Å². The first-order chi connectivity index (χ1) is 3.33. The van der Waals surface area contributed by atoms with Crippen LogP contribution in [0.25, 0.3) is 0 Å². The monoisotopic (exact) mass is 143 g/mol. The molecule has 0 heterocycles. The van der Waals surface area contributed by atoms with Crippen molar-refractivity contribution in [3.05, 3.63) is 0 Å². The van der Waals surface area contributed by atoms with E-state index >= 15 is 0 Å². The smallest absolute Gasteiger partial charge is 0.324 e. The van der Waals surface area contributed by atoms with Gasteiger partial charge >= 0.3 is 8.69 Å². The largest absolute Gasteiger partial charge is 0.394 e. The van der Waals surface area contributed by atoms with E-state index in [2.05, 4.69) is 0 Å². The van der Waals surface area contributed by atoms with Gasteiger partial charge in [0, 0.05) is 0 Å². The summed E-state index contributed by atoms with van der Waals surface area (Å²) in [5.41, 5.74) is 0. The number of hydrogen-bond acceptors (Lipinski definition) is 4. The molecule has 0 rings (SSSR count). The van der Waals surface area contributed by atoms with Gasteiger partial charge in [0.05, 0.1) is 13.2 Å². The van der Waals surface area contributed by atoms with Crippen LogP contribution >= 0.6 is 8.69 Å². The molecule has 0 aliphatic heterocycles. The molecule has 8 heavy (non-hydrogen) atoms. The van der Waals surface area contributed by atoms with Crippen molar-refractivity contribution < 1.29 is 19.7 Å². The summed E-state index contributed by atoms with van der Waals surface area (Å²) in [4.78, 5) is 6.99. The number of aliphatic hydroxyl groups is 2. The molecule has 0 unspecified atom stereocenters. The SMILES string of the molecule is N.O=PO.OCCO. The van der Waals surface area contributed by atoms with Crippen molar-refractivity contribution in [2.75, 3.05) is 13.2 Å². The van der Waals surface area contributed by atoms with Crippen molar-refractivity contribution in [2.45, 2.75) is 0 Å². The third kappa shape index (κ3) is 164. The second-order valence-electron chi connectivity index (χ2n) is 0.529. The van der Waals surface area contributed by atoms with Gasteiger partial charge in [0.2, 0.25) is 0 Å². The molecule has 0 aromatic heterocycles. The van der Waals surface area contributed by atoms with Crippen LogP contribution in [0.5, 0.6) is 0 Å². The molecule has 0 amide bonds. The van der Waals surface area contributed by atoms with Crippen LogP contribution in [0.4, 0.5) is 0 Å². The third-order valence-electron chi connectivity index (χ3n) is 0.1000. The third-order valence-corrected chi connectivity index (χ3v) is 0.1000. The molecular weight excluding hydrogens is 133 g/mol. The lowest BCUT2D eigenvalue weighted by molar-refractivity contribution is 0.186. The summed E-state index contributed by atoms with van der Waals surface area (Å²) < 4.78 is 8.46. The quantitative estimate of drug-likeness (QED) is 0.363. The van der Waals surface area contributed by atoms with Gasteiger partial charge < -0.3 is 21.3 Å². The highest BCUT2D eigenvalue weighted by molar-refractivity contribution is 7.16. The Balaban J connectivity index is -0.0000000575. The predicted octanol–water partition coefficient (Wildman–Crippen LogP) is -0.682. The van der Waals surface area contributed by atoms with Gasteiger partial charge in [0.25, 0.3) is 0 Å². The second-order valence-corrected chi connectivity index (χ2v) is 0.692. The summed E-state index contributed by atoms with van der Waals surface area (Å²) in [6.45, 7) is -0.250. The zero-order valence-electron chi connectivity index (χ0n) is 4.32. The maximum absolute atomic E-state index is 8.46. The topological polar surface area (TPSA) is 113 Å². The predicted molar refractivity (Wildman–Crippen MR) is 29.0 cm³/mol. The van der Waals surface area contributed by atoms with Gasteiger partial charge in [-0.2, -0.15) is 0 Å². The Morgan fingerprint density at radius 1 is 1.25 bits per heavy atom. The average molecular weight is 143 g/mol. The average Bonchev–Trinajstić information content (AvgIpc) is 1.69. The minimum absolute atomic E-state index is 0. The highest BCUT2D eigenvalue weighted by Gasteiger charge is 1.58. The molecular formula is C2H10NO4P. The van der Waals surface area contributed by atoms with Crippen molar-refractivity contribution >= 4 is 8.69 Å². The highest BCUT2D eigenvalue weighted by Crippen LogP contribution is 1.66. The van der Waals surface area contributed by atoms with Crippen LogP contribution in [0.1, 0.15) is 0 Å². The van der Waals surface area contributed by atoms with Gasteiger partial charge in [-0.1, -0.05) is 0 Å². The summed E-state index contributed by atoms with van der Waals surface area (Å²) in [5, 5.41) is 15.2. The molecule has 0 aromatic carbocycles. The second kappa shape index (κ2) is 28.3. The van der Waals surface area contributed by atoms with Gasteiger partial charge in [-0.15, -0.1) is 0 Å². The summed E-state index contributed by atoms with van der Waals surface area (Å²) in [6, 6.07) is 0. The van der Waals surface area contributed by atoms with Gasteiger partial charge in [0.15, 0.2) is 0 Å². The van der Waals surface area contributed by atoms with E-state index < -0.39 is 8.69 Å². The van der Waals surface area contributed by atoms with Crippen LogP contribution in [0.15, 0.2) is 0 Å². The molecule has 0 saturated heterocycles. The van der Waals surface area contributed by atoms with E-state index in [-0.39, 0.29) is 19.4 Å². The maximum atomic E-state index is 8.46. The molecule has 52 valence electrons. The Bertz CT molecular complexity index is 33.2. The van der Waals surface area contributed by atoms with E-state index in [0.717, 1.165) is 0 Å². The van der Waals surface area contributed by atoms with Gasteiger partial charge in [-0.25, -0.2) is 4.57 Å². The van der Waals surface area contributed by atoms with Gasteiger partial charge in [0.1, 0.15) is 0 Å². The van der Waals surface area contributed by atoms with E-state index in [0.29, 0.717) is 0 Å². The lowest BCUT2D eigenvalue weighted by atomic mass is 10.8. The number of hydrogen-bond donors (Lipinski definition) is 4. The molecule has 6 N–H and O–H groups in total. The first kappa shape index (κ1) is 15.7. The molecule has 0 bridgehead atoms. The summed E-state index contributed by atoms with van der Waals surface area (Å²) in [7, 11) is -0.833. The first-order valence-electron chi connectivity index (χ1n) is 1.52. The summed E-state index contributed by atoms with van der Waals surface area (Å²) >= 11 is 0. The Morgan fingerprint density at radius 3 is 1.38 bits per heavy atom. The van der Waals surface area contributed by atoms with Crippen molar-refractivity contribution in [1.29, 1.82) is 0 Å². The molecule has 0 spiro atoms. The van der Waals surface area contributed by atoms with Crippen molar-refractivity contribution in [3.63, 3.8) is 0 Å². The van der Waals surface area contributed by atoms with E-state index in [4.69, 9.17) is 19.7 Å². The van der Waals surface area contributed by atoms with E-state index in [1.165, 1.54) is 0 Å². The Labute approximate surface area is 48.8 Å². The molecule has 0 aliphatic carbocycles. The van der Waals surface area contributed by atoms with Crippen molar-refractivity contribution in [2.24, 2.45) is 0 Å². The van der Waals surface area contributed by atoms with Gasteiger partial charge in [-0.05, 0) is 0 Å². The molecule has 0 aliphatic rings. The Hall–Kier alpha value is -0.0600. The lowest BCUT2D eigenvalue weighted by Crippen LogP contribution is -1.85. The van der Waals surface area contributed by atoms with Gasteiger partial charge in [-0.3, -0.25) is 0 Å². The van der Waals surface area contributed by atoms with Crippen LogP contribution in [-0.4, -0.2) is 28.3 Å². The zero-order valence-corrected chi connectivity index (χ0v) is 5.21. The van der Waals surface area contributed by atoms with Crippen LogP contribution in [-0.2, 0) is 4.57 Å². The Kier molecular flexibility index (Phi) is 55.5. The molecule has 5 nitrogen and oxygen atoms in total. The standard InChI is InChI=1S/C2H6O2.H3N.HO2P/c3-1-2-4;;1-3-2/h3-4H,1-2H2;1H3;(H,1,2). The van der Waals surface area contributed by atoms with Crippen LogP contribution in [0.3, 0.4) is 0 Å². The normalized spacial score (nSPS) is 6.38. The minimum Gasteiger partial charge on any atom is -0.394 e. The number of rotatable bonds is 1. The van der Waals surface area contributed by atoms with E-state index in [1.807, 2.05) is 0 Å². The molecule has 6 heteroatoms. The summed E-state index contributed by atoms with van der Waals surface area (Å²) in [6.07, 6.45) is 0. The fraction of sp³-hybridized carbons (Fsp3) is 1.00. The van der Waals surface area contributed by atoms with Crippen LogP contribution < -0.4 is 6.15 Å².